The summed E-state index contributed by atoms with van der Waals surface area (Å²) in [4.78, 5) is 22.7. The molecule has 1 N–H and O–H groups in total. The molecule has 1 heterocycles. The highest BCUT2D eigenvalue weighted by Crippen LogP contribution is 2.21. The molecule has 7 nitrogen and oxygen atoms in total. The van der Waals surface area contributed by atoms with E-state index in [-0.39, 0.29) is 18.1 Å². The lowest BCUT2D eigenvalue weighted by molar-refractivity contribution is -0.384. The maximum Gasteiger partial charge on any atom is 0.271 e. The molecule has 0 aliphatic carbocycles. The van der Waals surface area contributed by atoms with Crippen LogP contribution in [0.15, 0.2) is 42.6 Å². The number of carbonyl (C=O) groups is 1. The van der Waals surface area contributed by atoms with E-state index in [1.54, 1.807) is 12.3 Å². The number of benzene rings is 2. The number of carbonyl (C=O) groups excluding carboxylic acids is 1. The van der Waals surface area contributed by atoms with Gasteiger partial charge < -0.3 is 5.32 Å². The zero-order valence-electron chi connectivity index (χ0n) is 13.3. The summed E-state index contributed by atoms with van der Waals surface area (Å²) in [5, 5.41) is 18.7. The van der Waals surface area contributed by atoms with E-state index in [1.165, 1.54) is 16.8 Å². The molecule has 0 radical (unpaired) electrons. The SMILES string of the molecule is Cc1cccc(NC(=O)Cn2ncc3ccc([N+](=O)[O-])cc32)c1C. The number of fused-ring (bicyclic) bond motifs is 1. The molecule has 0 aliphatic rings. The third-order valence-corrected chi connectivity index (χ3v) is 4.01. The van der Waals surface area contributed by atoms with Gasteiger partial charge in [0.2, 0.25) is 5.91 Å². The molecular weight excluding hydrogens is 308 g/mol. The van der Waals surface area contributed by atoms with Crippen molar-refractivity contribution in [2.45, 2.75) is 20.4 Å². The van der Waals surface area contributed by atoms with Crippen LogP contribution in [0.5, 0.6) is 0 Å². The molecule has 0 unspecified atom stereocenters. The summed E-state index contributed by atoms with van der Waals surface area (Å²) in [5.41, 5.74) is 3.38. The number of nitrogens with one attached hydrogen (secondary N) is 1. The van der Waals surface area contributed by atoms with E-state index in [2.05, 4.69) is 10.4 Å². The Balaban J connectivity index is 1.84. The van der Waals surface area contributed by atoms with Gasteiger partial charge in [0, 0.05) is 23.2 Å². The van der Waals surface area contributed by atoms with Crippen LogP contribution in [-0.4, -0.2) is 20.6 Å². The average Bonchev–Trinajstić information content (AvgIpc) is 2.94. The van der Waals surface area contributed by atoms with Crippen molar-refractivity contribution in [1.29, 1.82) is 0 Å². The molecule has 0 saturated heterocycles. The Morgan fingerprint density at radius 1 is 1.29 bits per heavy atom. The maximum atomic E-state index is 12.3. The molecule has 1 aromatic heterocycles. The number of rotatable bonds is 4. The zero-order valence-corrected chi connectivity index (χ0v) is 13.3. The summed E-state index contributed by atoms with van der Waals surface area (Å²) in [6.07, 6.45) is 1.59. The van der Waals surface area contributed by atoms with E-state index in [0.717, 1.165) is 22.2 Å². The highest BCUT2D eigenvalue weighted by Gasteiger charge is 2.13. The molecule has 0 fully saturated rings. The van der Waals surface area contributed by atoms with Gasteiger partial charge in [0.05, 0.1) is 16.6 Å². The first kappa shape index (κ1) is 15.7. The van der Waals surface area contributed by atoms with Gasteiger partial charge in [0.1, 0.15) is 6.54 Å². The minimum Gasteiger partial charge on any atom is -0.324 e. The fourth-order valence-electron chi connectivity index (χ4n) is 2.51. The number of nitrogens with zero attached hydrogens (tertiary/aromatic N) is 3. The normalized spacial score (nSPS) is 10.8. The second-order valence-corrected chi connectivity index (χ2v) is 5.60. The predicted octanol–water partition coefficient (Wildman–Crippen LogP) is 3.20. The average molecular weight is 324 g/mol. The molecule has 1 amide bonds. The molecule has 0 bridgehead atoms. The Bertz CT molecular complexity index is 946. The number of nitro groups is 1. The summed E-state index contributed by atoms with van der Waals surface area (Å²) in [6.45, 7) is 3.90. The molecular formula is C17H16N4O3. The number of hydrogen-bond acceptors (Lipinski definition) is 4. The largest absolute Gasteiger partial charge is 0.324 e. The highest BCUT2D eigenvalue weighted by molar-refractivity contribution is 5.92. The monoisotopic (exact) mass is 324 g/mol. The van der Waals surface area contributed by atoms with Gasteiger partial charge >= 0.3 is 0 Å². The van der Waals surface area contributed by atoms with E-state index in [9.17, 15) is 14.9 Å². The van der Waals surface area contributed by atoms with E-state index in [4.69, 9.17) is 0 Å². The van der Waals surface area contributed by atoms with Gasteiger partial charge in [0.25, 0.3) is 5.69 Å². The number of non-ortho nitro benzene ring substituents is 1. The van der Waals surface area contributed by atoms with Gasteiger partial charge in [-0.1, -0.05) is 12.1 Å². The first-order chi connectivity index (χ1) is 11.5. The quantitative estimate of drug-likeness (QED) is 0.589. The van der Waals surface area contributed by atoms with Crippen LogP contribution in [0, 0.1) is 24.0 Å². The number of amides is 1. The Morgan fingerprint density at radius 3 is 2.83 bits per heavy atom. The molecule has 0 saturated carbocycles. The third-order valence-electron chi connectivity index (χ3n) is 4.01. The standard InChI is InChI=1S/C17H16N4O3/c1-11-4-3-5-15(12(11)2)19-17(22)10-20-16-8-14(21(23)24)7-6-13(16)9-18-20/h3-9H,10H2,1-2H3,(H,19,22). The van der Waals surface area contributed by atoms with Crippen LogP contribution >= 0.6 is 0 Å². The molecule has 7 heteroatoms. The molecule has 122 valence electrons. The first-order valence-corrected chi connectivity index (χ1v) is 7.42. The molecule has 3 rings (SSSR count). The van der Waals surface area contributed by atoms with Crippen LogP contribution in [0.25, 0.3) is 10.9 Å². The zero-order chi connectivity index (χ0) is 17.3. The molecule has 0 atom stereocenters. The van der Waals surface area contributed by atoms with Crippen LogP contribution in [0.1, 0.15) is 11.1 Å². The summed E-state index contributed by atoms with van der Waals surface area (Å²) in [7, 11) is 0. The number of nitro benzene ring substituents is 1. The number of anilines is 1. The Labute approximate surface area is 138 Å². The van der Waals surface area contributed by atoms with E-state index >= 15 is 0 Å². The lowest BCUT2D eigenvalue weighted by Gasteiger charge is -2.10. The third kappa shape index (κ3) is 2.96. The summed E-state index contributed by atoms with van der Waals surface area (Å²) < 4.78 is 1.46. The van der Waals surface area contributed by atoms with Crippen LogP contribution in [0.2, 0.25) is 0 Å². The molecule has 3 aromatic rings. The second kappa shape index (κ2) is 6.11. The highest BCUT2D eigenvalue weighted by atomic mass is 16.6. The van der Waals surface area contributed by atoms with E-state index in [1.807, 2.05) is 32.0 Å². The Kier molecular flexibility index (Phi) is 3.99. The number of hydrogen-bond donors (Lipinski definition) is 1. The first-order valence-electron chi connectivity index (χ1n) is 7.42. The lowest BCUT2D eigenvalue weighted by atomic mass is 10.1. The van der Waals surface area contributed by atoms with Gasteiger partial charge in [-0.2, -0.15) is 5.10 Å². The van der Waals surface area contributed by atoms with Crippen LogP contribution in [0.3, 0.4) is 0 Å². The van der Waals surface area contributed by atoms with Crippen molar-refractivity contribution in [3.8, 4) is 0 Å². The fraction of sp³-hybridized carbons (Fsp3) is 0.176. The maximum absolute atomic E-state index is 12.3. The minimum atomic E-state index is -0.465. The minimum absolute atomic E-state index is 0.0158. The molecule has 24 heavy (non-hydrogen) atoms. The van der Waals surface area contributed by atoms with Crippen LogP contribution in [-0.2, 0) is 11.3 Å². The lowest BCUT2D eigenvalue weighted by Crippen LogP contribution is -2.20. The summed E-state index contributed by atoms with van der Waals surface area (Å²) in [5.74, 6) is -0.236. The molecule has 0 aliphatic heterocycles. The molecule has 2 aromatic carbocycles. The van der Waals surface area contributed by atoms with E-state index in [0.29, 0.717) is 5.52 Å². The predicted molar refractivity (Wildman–Crippen MR) is 90.9 cm³/mol. The summed E-state index contributed by atoms with van der Waals surface area (Å²) in [6, 6.07) is 10.2. The van der Waals surface area contributed by atoms with Crippen molar-refractivity contribution >= 4 is 28.2 Å². The van der Waals surface area contributed by atoms with Gasteiger partial charge in [0.15, 0.2) is 0 Å². The van der Waals surface area contributed by atoms with Crippen molar-refractivity contribution in [1.82, 2.24) is 9.78 Å². The Morgan fingerprint density at radius 2 is 2.08 bits per heavy atom. The van der Waals surface area contributed by atoms with Crippen molar-refractivity contribution in [2.75, 3.05) is 5.32 Å². The van der Waals surface area contributed by atoms with Gasteiger partial charge in [-0.05, 0) is 37.1 Å². The van der Waals surface area contributed by atoms with Crippen molar-refractivity contribution in [3.05, 3.63) is 63.8 Å². The number of aryl methyl sites for hydroxylation is 1. The van der Waals surface area contributed by atoms with Gasteiger partial charge in [-0.3, -0.25) is 19.6 Å². The fourth-order valence-corrected chi connectivity index (χ4v) is 2.51. The van der Waals surface area contributed by atoms with Crippen molar-refractivity contribution in [2.24, 2.45) is 0 Å². The second-order valence-electron chi connectivity index (χ2n) is 5.60. The van der Waals surface area contributed by atoms with Crippen LogP contribution in [0.4, 0.5) is 11.4 Å². The van der Waals surface area contributed by atoms with Gasteiger partial charge in [-0.25, -0.2) is 0 Å². The smallest absolute Gasteiger partial charge is 0.271 e. The summed E-state index contributed by atoms with van der Waals surface area (Å²) >= 11 is 0. The van der Waals surface area contributed by atoms with Crippen molar-refractivity contribution in [3.63, 3.8) is 0 Å². The topological polar surface area (TPSA) is 90.1 Å². The van der Waals surface area contributed by atoms with Crippen molar-refractivity contribution < 1.29 is 9.72 Å². The number of aromatic nitrogens is 2. The van der Waals surface area contributed by atoms with Crippen LogP contribution < -0.4 is 5.32 Å². The van der Waals surface area contributed by atoms with E-state index < -0.39 is 4.92 Å². The van der Waals surface area contributed by atoms with Gasteiger partial charge in [-0.15, -0.1) is 0 Å². The molecule has 0 spiro atoms. The Hall–Kier alpha value is -3.22.